The van der Waals surface area contributed by atoms with E-state index in [0.29, 0.717) is 59.3 Å². The quantitative estimate of drug-likeness (QED) is 0.185. The third-order valence-corrected chi connectivity index (χ3v) is 11.2. The van der Waals surface area contributed by atoms with Crippen LogP contribution in [0.15, 0.2) is 101 Å². The van der Waals surface area contributed by atoms with Crippen molar-refractivity contribution in [3.8, 4) is 11.1 Å². The Morgan fingerprint density at radius 3 is 2.31 bits per heavy atom. The van der Waals surface area contributed by atoms with E-state index in [9.17, 15) is 22.8 Å². The summed E-state index contributed by atoms with van der Waals surface area (Å²) in [6, 6.07) is 27.6. The number of aromatic nitrogens is 2. The topological polar surface area (TPSA) is 128 Å². The number of amides is 2. The van der Waals surface area contributed by atoms with Crippen molar-refractivity contribution in [3.63, 3.8) is 0 Å². The Morgan fingerprint density at radius 2 is 1.56 bits per heavy atom. The van der Waals surface area contributed by atoms with Crippen molar-refractivity contribution < 1.29 is 22.7 Å². The fourth-order valence-electron chi connectivity index (χ4n) is 6.92. The van der Waals surface area contributed by atoms with Gasteiger partial charge >= 0.3 is 6.09 Å². The van der Waals surface area contributed by atoms with Gasteiger partial charge in [0.25, 0.3) is 15.6 Å². The predicted octanol–water partition coefficient (Wildman–Crippen LogP) is 8.32. The molecule has 0 unspecified atom stereocenters. The minimum Gasteiger partial charge on any atom is -0.444 e. The average Bonchev–Trinajstić information content (AvgIpc) is 3.17. The smallest absolute Gasteiger partial charge is 0.414 e. The minimum absolute atomic E-state index is 0.0460. The van der Waals surface area contributed by atoms with Crippen LogP contribution in [-0.4, -0.2) is 36.5 Å². The van der Waals surface area contributed by atoms with Gasteiger partial charge in [0.2, 0.25) is 5.91 Å². The fraction of sp³-hybridized carbons (Fsp3) is 0.349. The molecule has 282 valence electrons. The number of benzene rings is 4. The maximum absolute atomic E-state index is 14.3. The van der Waals surface area contributed by atoms with Gasteiger partial charge in [-0.25, -0.2) is 22.9 Å². The van der Waals surface area contributed by atoms with Gasteiger partial charge in [-0.15, -0.1) is 0 Å². The highest BCUT2D eigenvalue weighted by molar-refractivity contribution is 7.90. The third-order valence-electron chi connectivity index (χ3n) is 9.74. The second-order valence-corrected chi connectivity index (χ2v) is 15.5. The van der Waals surface area contributed by atoms with Crippen LogP contribution in [0, 0.1) is 0 Å². The van der Waals surface area contributed by atoms with E-state index in [4.69, 9.17) is 9.72 Å². The molecule has 0 fully saturated rings. The molecule has 7 rings (SSSR count). The van der Waals surface area contributed by atoms with Gasteiger partial charge in [-0.2, -0.15) is 0 Å². The number of aryl methyl sites for hydroxylation is 2. The Bertz CT molecular complexity index is 2270. The molecule has 0 saturated carbocycles. The third kappa shape index (κ3) is 9.25. The highest BCUT2D eigenvalue weighted by Crippen LogP contribution is 2.30. The van der Waals surface area contributed by atoms with Gasteiger partial charge in [0, 0.05) is 30.6 Å². The standard InChI is InChI=1S/C43H48N4O6S/c1-3-13-31-20-25-39-36(27-31)34-21-18-32(19-22-34)29-47-40(14-4-2)44-38-24-23-35(28-37(38)42(47)49)46(43(50)53-30-33-15-9-8-10-16-33)26-12-7-5-6-11-17-41(48)45-54(39,51)52/h8-10,15-16,18-25,27-28H,3-7,11-14,17,26,29-30H2,1-2H3,(H,45,48). The van der Waals surface area contributed by atoms with Gasteiger partial charge in [-0.05, 0) is 78.3 Å². The Kier molecular flexibility index (Phi) is 12.6. The maximum Gasteiger partial charge on any atom is 0.414 e. The molecule has 10 nitrogen and oxygen atoms in total. The summed E-state index contributed by atoms with van der Waals surface area (Å²) in [5.74, 6) is 0.117. The van der Waals surface area contributed by atoms with Crippen molar-refractivity contribution in [3.05, 3.63) is 124 Å². The van der Waals surface area contributed by atoms with E-state index in [0.717, 1.165) is 55.2 Å². The van der Waals surface area contributed by atoms with Crippen LogP contribution >= 0.6 is 0 Å². The van der Waals surface area contributed by atoms with Crippen molar-refractivity contribution in [1.29, 1.82) is 0 Å². The van der Waals surface area contributed by atoms with E-state index in [1.807, 2.05) is 73.7 Å². The van der Waals surface area contributed by atoms with Crippen LogP contribution in [0.5, 0.6) is 0 Å². The molecule has 1 N–H and O–H groups in total. The number of ether oxygens (including phenoxy) is 1. The first-order valence-corrected chi connectivity index (χ1v) is 20.4. The first-order chi connectivity index (χ1) is 26.2. The molecule has 1 aromatic heterocycles. The summed E-state index contributed by atoms with van der Waals surface area (Å²) in [6.45, 7) is 4.83. The Labute approximate surface area is 317 Å². The van der Waals surface area contributed by atoms with Crippen molar-refractivity contribution in [1.82, 2.24) is 14.3 Å². The summed E-state index contributed by atoms with van der Waals surface area (Å²) in [6.07, 6.45) is 6.10. The maximum atomic E-state index is 14.3. The molecule has 2 aliphatic rings. The number of hydrogen-bond acceptors (Lipinski definition) is 7. The minimum atomic E-state index is -4.15. The Hall–Kier alpha value is -5.29. The van der Waals surface area contributed by atoms with Gasteiger partial charge < -0.3 is 4.74 Å². The van der Waals surface area contributed by atoms with Crippen molar-refractivity contribution in [2.75, 3.05) is 11.4 Å². The molecular formula is C43H48N4O6S. The molecular weight excluding hydrogens is 701 g/mol. The number of carbonyl (C=O) groups excluding carboxylic acids is 2. The van der Waals surface area contributed by atoms with Gasteiger partial charge in [-0.3, -0.25) is 19.1 Å². The van der Waals surface area contributed by atoms with E-state index in [2.05, 4.69) is 11.6 Å². The number of sulfonamides is 1. The van der Waals surface area contributed by atoms with Crippen LogP contribution in [0.2, 0.25) is 0 Å². The largest absolute Gasteiger partial charge is 0.444 e. The molecule has 0 atom stereocenters. The summed E-state index contributed by atoms with van der Waals surface area (Å²) in [7, 11) is -4.15. The number of nitrogens with one attached hydrogen (secondary N) is 1. The zero-order chi connectivity index (χ0) is 38.1. The zero-order valence-electron chi connectivity index (χ0n) is 31.1. The molecule has 2 amide bonds. The van der Waals surface area contributed by atoms with Crippen LogP contribution in [0.4, 0.5) is 10.5 Å². The van der Waals surface area contributed by atoms with Gasteiger partial charge in [-0.1, -0.05) is 100 Å². The molecule has 0 radical (unpaired) electrons. The predicted molar refractivity (Wildman–Crippen MR) is 212 cm³/mol. The van der Waals surface area contributed by atoms with Crippen LogP contribution in [-0.2, 0) is 45.5 Å². The Balaban J connectivity index is 1.40. The summed E-state index contributed by atoms with van der Waals surface area (Å²) in [5, 5.41) is 0.406. The number of rotatable bonds is 6. The lowest BCUT2D eigenvalue weighted by atomic mass is 10.00. The van der Waals surface area contributed by atoms with Crippen LogP contribution in [0.3, 0.4) is 0 Å². The molecule has 4 aromatic carbocycles. The summed E-state index contributed by atoms with van der Waals surface area (Å²) in [5.41, 5.74) is 4.81. The SMILES string of the molecule is CCCc1ccc2c(c1)-c1ccc(cc1)Cn1c(CCC)nc3ccc(cc3c1=O)N(C(=O)OCc1ccccc1)CCCCCCCC(=O)NS2(=O)=O. The van der Waals surface area contributed by atoms with Crippen LogP contribution < -0.4 is 15.2 Å². The molecule has 3 heterocycles. The van der Waals surface area contributed by atoms with E-state index in [-0.39, 0.29) is 30.0 Å². The van der Waals surface area contributed by atoms with E-state index < -0.39 is 22.0 Å². The van der Waals surface area contributed by atoms with Gasteiger partial charge in [0.05, 0.1) is 22.3 Å². The first-order valence-electron chi connectivity index (χ1n) is 19.0. The van der Waals surface area contributed by atoms with Crippen molar-refractivity contribution in [2.45, 2.75) is 96.1 Å². The molecule has 54 heavy (non-hydrogen) atoms. The lowest BCUT2D eigenvalue weighted by molar-refractivity contribution is -0.119. The van der Waals surface area contributed by atoms with Crippen molar-refractivity contribution in [2.24, 2.45) is 0 Å². The summed E-state index contributed by atoms with van der Waals surface area (Å²) >= 11 is 0. The van der Waals surface area contributed by atoms with Crippen molar-refractivity contribution >= 4 is 38.6 Å². The van der Waals surface area contributed by atoms with E-state index in [1.165, 1.54) is 0 Å². The number of nitrogens with zero attached hydrogens (tertiary/aromatic N) is 3. The van der Waals surface area contributed by atoms with E-state index >= 15 is 0 Å². The second-order valence-electron chi connectivity index (χ2n) is 13.9. The second kappa shape index (κ2) is 17.7. The lowest BCUT2D eigenvalue weighted by Gasteiger charge is -2.23. The van der Waals surface area contributed by atoms with Gasteiger partial charge in [0.1, 0.15) is 12.4 Å². The first kappa shape index (κ1) is 38.4. The molecule has 0 saturated heterocycles. The highest BCUT2D eigenvalue weighted by Gasteiger charge is 2.24. The zero-order valence-corrected chi connectivity index (χ0v) is 31.9. The average molecular weight is 749 g/mol. The van der Waals surface area contributed by atoms with Crippen LogP contribution in [0.25, 0.3) is 22.0 Å². The highest BCUT2D eigenvalue weighted by atomic mass is 32.2. The van der Waals surface area contributed by atoms with E-state index in [1.54, 1.807) is 33.7 Å². The molecule has 5 aromatic rings. The normalized spacial score (nSPS) is 15.2. The monoisotopic (exact) mass is 748 g/mol. The molecule has 11 heteroatoms. The lowest BCUT2D eigenvalue weighted by Crippen LogP contribution is -2.33. The number of hydrogen-bond donors (Lipinski definition) is 1. The van der Waals surface area contributed by atoms with Crippen LogP contribution in [0.1, 0.15) is 87.7 Å². The van der Waals surface area contributed by atoms with Gasteiger partial charge in [0.15, 0.2) is 0 Å². The summed E-state index contributed by atoms with van der Waals surface area (Å²) in [4.78, 5) is 47.4. The summed E-state index contributed by atoms with van der Waals surface area (Å²) < 4.78 is 37.0. The number of fused-ring (bicyclic) bond motifs is 12. The molecule has 0 spiro atoms. The molecule has 0 aliphatic carbocycles. The Morgan fingerprint density at radius 1 is 0.815 bits per heavy atom. The number of anilines is 1. The molecule has 2 aliphatic heterocycles. The molecule has 5 bridgehead atoms. The fourth-order valence-corrected chi connectivity index (χ4v) is 8.14. The number of carbonyl (C=O) groups is 2.